The van der Waals surface area contributed by atoms with Gasteiger partial charge in [-0.2, -0.15) is 0 Å². The van der Waals surface area contributed by atoms with Crippen molar-refractivity contribution in [2.75, 3.05) is 0 Å². The van der Waals surface area contributed by atoms with E-state index < -0.39 is 0 Å². The average molecular weight is 742 g/mol. The number of hydrogen-bond donors (Lipinski definition) is 0. The number of aryl methyl sites for hydroxylation is 4. The van der Waals surface area contributed by atoms with Crippen molar-refractivity contribution < 1.29 is 19.2 Å². The van der Waals surface area contributed by atoms with Gasteiger partial charge in [0.15, 0.2) is 0 Å². The van der Waals surface area contributed by atoms with Crippen molar-refractivity contribution in [1.29, 1.82) is 0 Å². The topological polar surface area (TPSA) is 36.4 Å². The van der Waals surface area contributed by atoms with Crippen molar-refractivity contribution >= 4 is 11.4 Å². The van der Waals surface area contributed by atoms with Crippen LogP contribution >= 0.6 is 0 Å². The first kappa shape index (κ1) is 46.9. The van der Waals surface area contributed by atoms with Gasteiger partial charge in [-0.15, -0.1) is 4.79 Å². The monoisotopic (exact) mass is 741 g/mol. The molecule has 0 amide bonds. The summed E-state index contributed by atoms with van der Waals surface area (Å²) in [7, 11) is 0. The maximum absolute atomic E-state index is 9.82. The van der Waals surface area contributed by atoms with Crippen LogP contribution in [-0.2, 0) is 40.1 Å². The van der Waals surface area contributed by atoms with E-state index in [0.29, 0.717) is 0 Å². The number of rotatable bonds is 27. The summed E-state index contributed by atoms with van der Waals surface area (Å²) in [6, 6.07) is 14.9. The van der Waals surface area contributed by atoms with Crippen molar-refractivity contribution in [1.82, 2.24) is 0 Å². The van der Waals surface area contributed by atoms with Crippen LogP contribution < -0.4 is 0 Å². The SMILES string of the molecule is CCCCCc1cc(CCCCC)cc(C(=C(CCCC)C(=C=[N+]=[N-])CCCC)c2cc(CCCC)cc(CCCC)c2)c1.CC[CH2][Ni][CH2]CC. The molecule has 0 aromatic heterocycles. The van der Waals surface area contributed by atoms with E-state index in [1.54, 1.807) is 0 Å². The van der Waals surface area contributed by atoms with Crippen LogP contribution in [0.4, 0.5) is 0 Å². The zero-order valence-electron chi connectivity index (χ0n) is 34.6. The van der Waals surface area contributed by atoms with Gasteiger partial charge in [0.25, 0.3) is 0 Å². The third kappa shape index (κ3) is 20.0. The quantitative estimate of drug-likeness (QED) is 0.0218. The minimum atomic E-state index is 0.890. The van der Waals surface area contributed by atoms with Crippen molar-refractivity contribution in [3.05, 3.63) is 86.5 Å². The van der Waals surface area contributed by atoms with Crippen molar-refractivity contribution in [2.24, 2.45) is 0 Å². The Morgan fingerprint density at radius 1 is 0.490 bits per heavy atom. The molecule has 0 radical (unpaired) electrons. The van der Waals surface area contributed by atoms with E-state index >= 15 is 0 Å². The van der Waals surface area contributed by atoms with Crippen LogP contribution in [0.25, 0.3) is 11.1 Å². The molecule has 0 saturated carbocycles. The van der Waals surface area contributed by atoms with E-state index in [4.69, 9.17) is 0 Å². The summed E-state index contributed by atoms with van der Waals surface area (Å²) in [5.74, 6) is 3.10. The number of nitrogens with zero attached hydrogens (tertiary/aromatic N) is 2. The van der Waals surface area contributed by atoms with Crippen LogP contribution in [-0.4, -0.2) is 10.7 Å². The van der Waals surface area contributed by atoms with Gasteiger partial charge in [0.1, 0.15) is 0 Å². The predicted molar refractivity (Wildman–Crippen MR) is 224 cm³/mol. The summed E-state index contributed by atoms with van der Waals surface area (Å²) in [5.41, 5.74) is 22.1. The van der Waals surface area contributed by atoms with Gasteiger partial charge in [0.05, 0.1) is 5.57 Å². The molecule has 0 heterocycles. The zero-order valence-corrected chi connectivity index (χ0v) is 35.6. The Kier molecular flexibility index (Phi) is 28.8. The van der Waals surface area contributed by atoms with Crippen LogP contribution in [0.2, 0.25) is 10.8 Å². The molecular formula is C48H78N2Ni. The molecule has 2 aromatic carbocycles. The van der Waals surface area contributed by atoms with E-state index in [1.165, 1.54) is 132 Å². The zero-order chi connectivity index (χ0) is 37.5. The Balaban J connectivity index is 0.00000167. The Morgan fingerprint density at radius 2 is 0.882 bits per heavy atom. The van der Waals surface area contributed by atoms with Crippen LogP contribution in [0.15, 0.2) is 47.5 Å². The molecule has 2 nitrogen and oxygen atoms in total. The van der Waals surface area contributed by atoms with Gasteiger partial charge in [-0.05, 0) is 122 Å². The molecule has 2 rings (SSSR count). The van der Waals surface area contributed by atoms with Gasteiger partial charge in [-0.25, -0.2) is 0 Å². The fourth-order valence-electron chi connectivity index (χ4n) is 6.60. The van der Waals surface area contributed by atoms with Crippen LogP contribution in [0, 0.1) is 0 Å². The third-order valence-electron chi connectivity index (χ3n) is 9.41. The van der Waals surface area contributed by atoms with Crippen LogP contribution in [0.3, 0.4) is 0 Å². The van der Waals surface area contributed by atoms with Crippen molar-refractivity contribution in [3.8, 4) is 0 Å². The number of unbranched alkanes of at least 4 members (excludes halogenated alkanes) is 8. The maximum atomic E-state index is 9.82. The average Bonchev–Trinajstić information content (AvgIpc) is 3.14. The Morgan fingerprint density at radius 3 is 1.25 bits per heavy atom. The van der Waals surface area contributed by atoms with E-state index in [0.717, 1.165) is 69.8 Å². The first-order valence-electron chi connectivity index (χ1n) is 21.4. The molecular weight excluding hydrogens is 663 g/mol. The summed E-state index contributed by atoms with van der Waals surface area (Å²) in [6.07, 6.45) is 25.8. The number of hydrogen-bond acceptors (Lipinski definition) is 0. The Labute approximate surface area is 323 Å². The molecule has 0 bridgehead atoms. The first-order chi connectivity index (χ1) is 25.0. The Hall–Kier alpha value is -2.17. The molecule has 0 saturated heterocycles. The summed E-state index contributed by atoms with van der Waals surface area (Å²) in [6.45, 7) is 18.1. The summed E-state index contributed by atoms with van der Waals surface area (Å²) in [5, 5.41) is 2.72. The van der Waals surface area contributed by atoms with Gasteiger partial charge >= 0.3 is 57.8 Å². The predicted octanol–water partition coefficient (Wildman–Crippen LogP) is 15.6. The van der Waals surface area contributed by atoms with E-state index in [-0.39, 0.29) is 0 Å². The first-order valence-corrected chi connectivity index (χ1v) is 22.8. The summed E-state index contributed by atoms with van der Waals surface area (Å²) >= 11 is 1.90. The molecule has 2 aromatic rings. The second kappa shape index (κ2) is 31.4. The standard InChI is InChI=1S/C42H64N2.2C3H7.Ni/c1-7-13-19-23-36-28-37(24-20-14-8-2)32-40(31-36)42(41(26-18-12-6)38(33-44-43)25-17-11-5)39-29-34(21-15-9-3)27-35(30-39)22-16-10-4;2*1-3-2;/h27-32H,7-26H2,1-6H3;2*1,3H2,2H3;. The molecule has 0 aliphatic carbocycles. The van der Waals surface area contributed by atoms with Gasteiger partial charge in [-0.1, -0.05) is 129 Å². The van der Waals surface area contributed by atoms with E-state index in [1.807, 2.05) is 14.4 Å². The molecule has 0 atom stereocenters. The fraction of sp³-hybridized carbons (Fsp3) is 0.667. The third-order valence-corrected chi connectivity index (χ3v) is 11.1. The Bertz CT molecular complexity index is 1250. The molecule has 0 aliphatic heterocycles. The van der Waals surface area contributed by atoms with Crippen LogP contribution in [0.1, 0.15) is 204 Å². The number of benzene rings is 2. The normalized spacial score (nSPS) is 11.5. The number of allylic oxidation sites excluding steroid dienone is 2. The molecule has 0 N–H and O–H groups in total. The van der Waals surface area contributed by atoms with Crippen LogP contribution in [0.5, 0.6) is 0 Å². The summed E-state index contributed by atoms with van der Waals surface area (Å²) < 4.78 is 0. The minimum absolute atomic E-state index is 0.890. The molecule has 0 unspecified atom stereocenters. The molecule has 0 aliphatic rings. The van der Waals surface area contributed by atoms with E-state index in [9.17, 15) is 5.53 Å². The molecule has 3 heteroatoms. The van der Waals surface area contributed by atoms with Gasteiger partial charge < -0.3 is 5.53 Å². The second-order valence-corrected chi connectivity index (χ2v) is 15.9. The molecule has 290 valence electrons. The van der Waals surface area contributed by atoms with E-state index in [2.05, 4.69) is 102 Å². The van der Waals surface area contributed by atoms with Gasteiger partial charge in [0.2, 0.25) is 0 Å². The fourth-order valence-corrected chi connectivity index (χ4v) is 7.54. The van der Waals surface area contributed by atoms with Crippen molar-refractivity contribution in [3.63, 3.8) is 0 Å². The van der Waals surface area contributed by atoms with Gasteiger partial charge in [0, 0.05) is 0 Å². The molecule has 0 spiro atoms. The summed E-state index contributed by atoms with van der Waals surface area (Å²) in [4.78, 5) is 3.52. The molecule has 51 heavy (non-hydrogen) atoms. The second-order valence-electron chi connectivity index (χ2n) is 14.4. The van der Waals surface area contributed by atoms with Gasteiger partial charge in [-0.3, -0.25) is 0 Å². The van der Waals surface area contributed by atoms with Crippen molar-refractivity contribution in [2.45, 2.75) is 207 Å². The molecule has 0 fully saturated rings.